The van der Waals surface area contributed by atoms with Crippen molar-refractivity contribution >= 4 is 10.8 Å². The van der Waals surface area contributed by atoms with Gasteiger partial charge in [-0.2, -0.15) is 0 Å². The fraction of sp³-hybridized carbons (Fsp3) is 0.471. The maximum atomic E-state index is 6.53. The molecule has 4 heteroatoms. The molecule has 3 heterocycles. The highest BCUT2D eigenvalue weighted by Gasteiger charge is 2.35. The summed E-state index contributed by atoms with van der Waals surface area (Å²) >= 11 is 0. The molecule has 2 saturated heterocycles. The molecular formula is C17H21N3O. The van der Waals surface area contributed by atoms with Crippen LogP contribution in [-0.2, 0) is 4.74 Å². The minimum atomic E-state index is -0.120. The van der Waals surface area contributed by atoms with Crippen molar-refractivity contribution in [2.24, 2.45) is 5.73 Å². The summed E-state index contributed by atoms with van der Waals surface area (Å²) in [5, 5.41) is 2.33. The van der Waals surface area contributed by atoms with Crippen molar-refractivity contribution in [3.63, 3.8) is 0 Å². The van der Waals surface area contributed by atoms with Gasteiger partial charge in [0.25, 0.3) is 0 Å². The number of benzene rings is 1. The summed E-state index contributed by atoms with van der Waals surface area (Å²) in [5.74, 6) is 0. The van der Waals surface area contributed by atoms with Crippen molar-refractivity contribution in [1.29, 1.82) is 0 Å². The van der Waals surface area contributed by atoms with Gasteiger partial charge in [0.05, 0.1) is 18.8 Å². The molecule has 4 nitrogen and oxygen atoms in total. The quantitative estimate of drug-likeness (QED) is 0.917. The van der Waals surface area contributed by atoms with Gasteiger partial charge in [-0.25, -0.2) is 0 Å². The van der Waals surface area contributed by atoms with Crippen LogP contribution in [0.1, 0.15) is 24.4 Å². The molecule has 2 aliphatic rings. The zero-order chi connectivity index (χ0) is 14.2. The maximum absolute atomic E-state index is 6.53. The predicted molar refractivity (Wildman–Crippen MR) is 83.0 cm³/mol. The van der Waals surface area contributed by atoms with Crippen molar-refractivity contribution < 1.29 is 4.74 Å². The number of rotatable bonds is 2. The standard InChI is InChI=1S/C17H21N3O/c18-17(16-10-20-7-3-5-13(20)11-21-16)15-9-19-8-12-4-1-2-6-14(12)15/h1-2,4,6,8-9,13,16-17H,3,5,7,10-11,18H2. The summed E-state index contributed by atoms with van der Waals surface area (Å²) in [7, 11) is 0. The topological polar surface area (TPSA) is 51.4 Å². The average Bonchev–Trinajstić information content (AvgIpc) is 3.01. The number of nitrogens with two attached hydrogens (primary N) is 1. The zero-order valence-corrected chi connectivity index (χ0v) is 12.1. The number of pyridine rings is 1. The normalized spacial score (nSPS) is 27.7. The van der Waals surface area contributed by atoms with E-state index in [1.54, 1.807) is 0 Å². The molecule has 110 valence electrons. The van der Waals surface area contributed by atoms with Crippen molar-refractivity contribution in [3.05, 3.63) is 42.2 Å². The zero-order valence-electron chi connectivity index (χ0n) is 12.1. The Morgan fingerprint density at radius 3 is 3.14 bits per heavy atom. The Balaban J connectivity index is 1.62. The van der Waals surface area contributed by atoms with E-state index in [1.807, 2.05) is 18.5 Å². The van der Waals surface area contributed by atoms with E-state index in [-0.39, 0.29) is 12.1 Å². The third kappa shape index (κ3) is 2.33. The highest BCUT2D eigenvalue weighted by Crippen LogP contribution is 2.30. The minimum Gasteiger partial charge on any atom is -0.373 e. The van der Waals surface area contributed by atoms with Gasteiger partial charge in [0, 0.05) is 30.4 Å². The number of ether oxygens (including phenoxy) is 1. The molecule has 2 aliphatic heterocycles. The van der Waals surface area contributed by atoms with Crippen molar-refractivity contribution in [2.45, 2.75) is 31.0 Å². The Kier molecular flexibility index (Phi) is 3.37. The molecule has 4 rings (SSSR count). The van der Waals surface area contributed by atoms with Crippen LogP contribution in [0.3, 0.4) is 0 Å². The van der Waals surface area contributed by atoms with E-state index in [9.17, 15) is 0 Å². The van der Waals surface area contributed by atoms with E-state index >= 15 is 0 Å². The first kappa shape index (κ1) is 13.2. The van der Waals surface area contributed by atoms with Gasteiger partial charge in [-0.05, 0) is 30.3 Å². The van der Waals surface area contributed by atoms with Gasteiger partial charge >= 0.3 is 0 Å². The van der Waals surface area contributed by atoms with E-state index in [4.69, 9.17) is 10.5 Å². The van der Waals surface area contributed by atoms with Crippen LogP contribution in [-0.4, -0.2) is 41.7 Å². The van der Waals surface area contributed by atoms with Crippen LogP contribution in [0.15, 0.2) is 36.7 Å². The smallest absolute Gasteiger partial charge is 0.0895 e. The molecule has 0 bridgehead atoms. The van der Waals surface area contributed by atoms with E-state index in [2.05, 4.69) is 28.1 Å². The van der Waals surface area contributed by atoms with Gasteiger partial charge in [0.1, 0.15) is 0 Å². The van der Waals surface area contributed by atoms with Gasteiger partial charge in [-0.3, -0.25) is 9.88 Å². The number of nitrogens with zero attached hydrogens (tertiary/aromatic N) is 2. The van der Waals surface area contributed by atoms with Crippen molar-refractivity contribution in [2.75, 3.05) is 19.7 Å². The Hall–Kier alpha value is -1.49. The van der Waals surface area contributed by atoms with Gasteiger partial charge in [0.15, 0.2) is 0 Å². The second-order valence-corrected chi connectivity index (χ2v) is 6.14. The number of aromatic nitrogens is 1. The Labute approximate surface area is 124 Å². The van der Waals surface area contributed by atoms with E-state index in [0.717, 1.165) is 24.1 Å². The molecule has 1 aromatic heterocycles. The molecule has 3 atom stereocenters. The Morgan fingerprint density at radius 2 is 2.19 bits per heavy atom. The van der Waals surface area contributed by atoms with E-state index in [1.165, 1.54) is 24.8 Å². The van der Waals surface area contributed by atoms with Crippen LogP contribution in [0.5, 0.6) is 0 Å². The third-order valence-electron chi connectivity index (χ3n) is 4.87. The van der Waals surface area contributed by atoms with Crippen LogP contribution in [0.4, 0.5) is 0 Å². The molecule has 2 aromatic rings. The summed E-state index contributed by atoms with van der Waals surface area (Å²) in [4.78, 5) is 6.88. The lowest BCUT2D eigenvalue weighted by Gasteiger charge is -2.38. The summed E-state index contributed by atoms with van der Waals surface area (Å²) in [6.07, 6.45) is 6.40. The molecule has 0 aliphatic carbocycles. The first-order valence-corrected chi connectivity index (χ1v) is 7.77. The molecular weight excluding hydrogens is 262 g/mol. The molecule has 2 N–H and O–H groups in total. The summed E-state index contributed by atoms with van der Waals surface area (Å²) in [5.41, 5.74) is 7.62. The highest BCUT2D eigenvalue weighted by molar-refractivity contribution is 5.85. The lowest BCUT2D eigenvalue weighted by atomic mass is 9.97. The average molecular weight is 283 g/mol. The molecule has 0 saturated carbocycles. The van der Waals surface area contributed by atoms with Crippen molar-refractivity contribution in [1.82, 2.24) is 9.88 Å². The number of fused-ring (bicyclic) bond motifs is 2. The summed E-state index contributed by atoms with van der Waals surface area (Å²) < 4.78 is 6.06. The fourth-order valence-electron chi connectivity index (χ4n) is 3.67. The van der Waals surface area contributed by atoms with Crippen molar-refractivity contribution in [3.8, 4) is 0 Å². The number of hydrogen-bond donors (Lipinski definition) is 1. The second kappa shape index (κ2) is 5.37. The fourth-order valence-corrected chi connectivity index (χ4v) is 3.67. The minimum absolute atomic E-state index is 0.0620. The number of hydrogen-bond acceptors (Lipinski definition) is 4. The van der Waals surface area contributed by atoms with Crippen LogP contribution < -0.4 is 5.73 Å². The lowest BCUT2D eigenvalue weighted by Crippen LogP contribution is -2.49. The molecule has 1 aromatic carbocycles. The number of morpholine rings is 1. The second-order valence-electron chi connectivity index (χ2n) is 6.14. The molecule has 3 unspecified atom stereocenters. The van der Waals surface area contributed by atoms with Gasteiger partial charge < -0.3 is 10.5 Å². The van der Waals surface area contributed by atoms with E-state index < -0.39 is 0 Å². The first-order valence-electron chi connectivity index (χ1n) is 7.77. The Morgan fingerprint density at radius 1 is 1.29 bits per heavy atom. The van der Waals surface area contributed by atoms with Gasteiger partial charge in [0.2, 0.25) is 0 Å². The molecule has 2 fully saturated rings. The van der Waals surface area contributed by atoms with Gasteiger partial charge in [-0.1, -0.05) is 24.3 Å². The van der Waals surface area contributed by atoms with Crippen LogP contribution in [0.2, 0.25) is 0 Å². The van der Waals surface area contributed by atoms with E-state index in [0.29, 0.717) is 6.04 Å². The monoisotopic (exact) mass is 283 g/mol. The molecule has 0 spiro atoms. The molecule has 21 heavy (non-hydrogen) atoms. The summed E-state index contributed by atoms with van der Waals surface area (Å²) in [6.45, 7) is 2.94. The van der Waals surface area contributed by atoms with Crippen LogP contribution in [0, 0.1) is 0 Å². The van der Waals surface area contributed by atoms with Gasteiger partial charge in [-0.15, -0.1) is 0 Å². The largest absolute Gasteiger partial charge is 0.373 e. The summed E-state index contributed by atoms with van der Waals surface area (Å²) in [6, 6.07) is 8.77. The predicted octanol–water partition coefficient (Wildman–Crippen LogP) is 2.10. The Bertz CT molecular complexity index is 639. The van der Waals surface area contributed by atoms with Crippen LogP contribution in [0.25, 0.3) is 10.8 Å². The third-order valence-corrected chi connectivity index (χ3v) is 4.87. The molecule has 0 radical (unpaired) electrons. The first-order chi connectivity index (χ1) is 10.3. The maximum Gasteiger partial charge on any atom is 0.0895 e. The molecule has 0 amide bonds. The lowest BCUT2D eigenvalue weighted by molar-refractivity contribution is -0.0595. The SMILES string of the molecule is NC(c1cncc2ccccc12)C1CN2CCCC2CO1. The highest BCUT2D eigenvalue weighted by atomic mass is 16.5. The van der Waals surface area contributed by atoms with Crippen LogP contribution >= 0.6 is 0 Å².